The Hall–Kier alpha value is -1.23. The Kier molecular flexibility index (Phi) is 2.12. The van der Waals surface area contributed by atoms with Crippen molar-refractivity contribution in [1.29, 1.82) is 5.26 Å². The summed E-state index contributed by atoms with van der Waals surface area (Å²) in [5.41, 5.74) is 1.87. The fraction of sp³-hybridized carbons (Fsp3) is 0.125. The Balaban J connectivity index is 2.93. The van der Waals surface area contributed by atoms with Crippen molar-refractivity contribution < 1.29 is 0 Å². The summed E-state index contributed by atoms with van der Waals surface area (Å²) in [4.78, 5) is 0. The van der Waals surface area contributed by atoms with Gasteiger partial charge in [-0.25, -0.2) is 0 Å². The maximum atomic E-state index is 8.44. The van der Waals surface area contributed by atoms with Crippen LogP contribution in [-0.2, 0) is 0 Å². The topological polar surface area (TPSA) is 23.8 Å². The second-order valence-corrected chi connectivity index (χ2v) is 2.02. The Bertz CT molecular complexity index is 245. The molecule has 0 aliphatic carbocycles. The van der Waals surface area contributed by atoms with Gasteiger partial charge in [0, 0.05) is 0 Å². The molecule has 47 valence electrons. The van der Waals surface area contributed by atoms with E-state index in [0.717, 1.165) is 5.46 Å². The smallest absolute Gasteiger partial charge is 0.148 e. The SMILES string of the molecule is C[B]c1ccc(C#N)cc1. The van der Waals surface area contributed by atoms with Gasteiger partial charge in [0.1, 0.15) is 7.28 Å². The molecule has 0 N–H and O–H groups in total. The van der Waals surface area contributed by atoms with Crippen molar-refractivity contribution >= 4 is 12.7 Å². The van der Waals surface area contributed by atoms with Gasteiger partial charge >= 0.3 is 0 Å². The average molecular weight is 128 g/mol. The normalized spacial score (nSPS) is 8.40. The van der Waals surface area contributed by atoms with Gasteiger partial charge in [-0.15, -0.1) is 0 Å². The third-order valence-electron chi connectivity index (χ3n) is 1.37. The van der Waals surface area contributed by atoms with Crippen LogP contribution in [0.1, 0.15) is 5.56 Å². The second-order valence-electron chi connectivity index (χ2n) is 2.02. The minimum atomic E-state index is 0.714. The summed E-state index contributed by atoms with van der Waals surface area (Å²) in [5.74, 6) is 0. The fourth-order valence-corrected chi connectivity index (χ4v) is 0.750. The zero-order chi connectivity index (χ0) is 7.40. The van der Waals surface area contributed by atoms with E-state index in [9.17, 15) is 0 Å². The van der Waals surface area contributed by atoms with Gasteiger partial charge in [0.2, 0.25) is 0 Å². The van der Waals surface area contributed by atoms with Crippen molar-refractivity contribution in [3.05, 3.63) is 29.8 Å². The summed E-state index contributed by atoms with van der Waals surface area (Å²) >= 11 is 0. The largest absolute Gasteiger partial charge is 0.192 e. The van der Waals surface area contributed by atoms with E-state index in [-0.39, 0.29) is 0 Å². The monoisotopic (exact) mass is 128 g/mol. The van der Waals surface area contributed by atoms with Crippen LogP contribution in [0.15, 0.2) is 24.3 Å². The number of hydrogen-bond acceptors (Lipinski definition) is 1. The number of rotatable bonds is 1. The van der Waals surface area contributed by atoms with Crippen LogP contribution in [0.2, 0.25) is 6.82 Å². The van der Waals surface area contributed by atoms with Crippen LogP contribution in [-0.4, -0.2) is 7.28 Å². The van der Waals surface area contributed by atoms with E-state index >= 15 is 0 Å². The van der Waals surface area contributed by atoms with Crippen LogP contribution >= 0.6 is 0 Å². The standard InChI is InChI=1S/C8H7BN/c1-9-8-4-2-7(6-10)3-5-8/h2-5H,1H3. The first-order valence-electron chi connectivity index (χ1n) is 3.16. The highest BCUT2D eigenvalue weighted by Gasteiger charge is 1.89. The molecule has 0 aliphatic rings. The lowest BCUT2D eigenvalue weighted by Gasteiger charge is -1.92. The molecule has 0 aromatic heterocycles. The number of nitriles is 1. The first-order valence-corrected chi connectivity index (χ1v) is 3.16. The van der Waals surface area contributed by atoms with Crippen molar-refractivity contribution in [2.75, 3.05) is 0 Å². The first kappa shape index (κ1) is 6.89. The molecule has 0 saturated heterocycles. The third kappa shape index (κ3) is 1.38. The lowest BCUT2D eigenvalue weighted by Crippen LogP contribution is -2.08. The Morgan fingerprint density at radius 2 is 1.90 bits per heavy atom. The van der Waals surface area contributed by atoms with Gasteiger partial charge in [0.15, 0.2) is 0 Å². The Labute approximate surface area is 61.5 Å². The molecule has 1 aromatic rings. The lowest BCUT2D eigenvalue weighted by atomic mass is 9.73. The van der Waals surface area contributed by atoms with Crippen molar-refractivity contribution in [2.24, 2.45) is 0 Å². The van der Waals surface area contributed by atoms with E-state index in [1.807, 2.05) is 38.4 Å². The van der Waals surface area contributed by atoms with E-state index in [4.69, 9.17) is 5.26 Å². The zero-order valence-corrected chi connectivity index (χ0v) is 5.83. The molecule has 10 heavy (non-hydrogen) atoms. The molecule has 2 heteroatoms. The van der Waals surface area contributed by atoms with Gasteiger partial charge in [0.05, 0.1) is 11.6 Å². The second kappa shape index (κ2) is 3.07. The van der Waals surface area contributed by atoms with Gasteiger partial charge in [-0.2, -0.15) is 5.26 Å². The molecule has 1 nitrogen and oxygen atoms in total. The highest BCUT2D eigenvalue weighted by atomic mass is 14.2. The Morgan fingerprint density at radius 1 is 1.30 bits per heavy atom. The minimum absolute atomic E-state index is 0.714. The predicted molar refractivity (Wildman–Crippen MR) is 42.4 cm³/mol. The summed E-state index contributed by atoms with van der Waals surface area (Å²) in [5, 5.41) is 8.44. The highest BCUT2D eigenvalue weighted by molar-refractivity contribution is 6.51. The molecule has 0 bridgehead atoms. The van der Waals surface area contributed by atoms with E-state index in [2.05, 4.69) is 6.07 Å². The highest BCUT2D eigenvalue weighted by Crippen LogP contribution is 1.92. The van der Waals surface area contributed by atoms with Crippen LogP contribution in [0, 0.1) is 11.3 Å². The molecular formula is C8H7BN. The first-order chi connectivity index (χ1) is 4.86. The van der Waals surface area contributed by atoms with E-state index < -0.39 is 0 Å². The quantitative estimate of drug-likeness (QED) is 0.516. The lowest BCUT2D eigenvalue weighted by molar-refractivity contribution is 1.49. The van der Waals surface area contributed by atoms with Gasteiger partial charge in [-0.1, -0.05) is 24.4 Å². The predicted octanol–water partition coefficient (Wildman–Crippen LogP) is 0.936. The summed E-state index contributed by atoms with van der Waals surface area (Å²) < 4.78 is 0. The van der Waals surface area contributed by atoms with Crippen molar-refractivity contribution in [1.82, 2.24) is 0 Å². The maximum absolute atomic E-state index is 8.44. The van der Waals surface area contributed by atoms with E-state index in [0.29, 0.717) is 5.56 Å². The fourth-order valence-electron chi connectivity index (χ4n) is 0.750. The minimum Gasteiger partial charge on any atom is -0.192 e. The van der Waals surface area contributed by atoms with Crippen LogP contribution in [0.5, 0.6) is 0 Å². The molecule has 0 aliphatic heterocycles. The zero-order valence-electron chi connectivity index (χ0n) is 5.83. The molecule has 0 fully saturated rings. The van der Waals surface area contributed by atoms with Crippen molar-refractivity contribution in [3.8, 4) is 6.07 Å². The molecule has 0 unspecified atom stereocenters. The molecule has 1 radical (unpaired) electrons. The summed E-state index contributed by atoms with van der Waals surface area (Å²) in [6, 6.07) is 9.55. The van der Waals surface area contributed by atoms with Gasteiger partial charge < -0.3 is 0 Å². The average Bonchev–Trinajstić information content (AvgIpc) is 2.05. The Morgan fingerprint density at radius 3 is 2.30 bits per heavy atom. The molecule has 0 amide bonds. The van der Waals surface area contributed by atoms with E-state index in [1.165, 1.54) is 0 Å². The van der Waals surface area contributed by atoms with Crippen LogP contribution in [0.3, 0.4) is 0 Å². The number of hydrogen-bond donors (Lipinski definition) is 0. The number of nitrogens with zero attached hydrogens (tertiary/aromatic N) is 1. The molecule has 0 atom stereocenters. The summed E-state index contributed by atoms with van der Waals surface area (Å²) in [6.45, 7) is 1.97. The van der Waals surface area contributed by atoms with Crippen LogP contribution in [0.25, 0.3) is 0 Å². The van der Waals surface area contributed by atoms with Crippen molar-refractivity contribution in [3.63, 3.8) is 0 Å². The van der Waals surface area contributed by atoms with Gasteiger partial charge in [0.25, 0.3) is 0 Å². The number of benzene rings is 1. The molecule has 1 aromatic carbocycles. The van der Waals surface area contributed by atoms with E-state index in [1.54, 1.807) is 0 Å². The van der Waals surface area contributed by atoms with Crippen molar-refractivity contribution in [2.45, 2.75) is 6.82 Å². The van der Waals surface area contributed by atoms with Gasteiger partial charge in [-0.05, 0) is 12.1 Å². The van der Waals surface area contributed by atoms with Crippen LogP contribution < -0.4 is 5.46 Å². The maximum Gasteiger partial charge on any atom is 0.148 e. The molecule has 0 saturated carbocycles. The summed E-state index contributed by atoms with van der Waals surface area (Å²) in [6.07, 6.45) is 0. The molecule has 0 heterocycles. The molecule has 0 spiro atoms. The van der Waals surface area contributed by atoms with Gasteiger partial charge in [-0.3, -0.25) is 0 Å². The molecular weight excluding hydrogens is 121 g/mol. The summed E-state index contributed by atoms with van der Waals surface area (Å²) in [7, 11) is 2.00. The van der Waals surface area contributed by atoms with Crippen LogP contribution in [0.4, 0.5) is 0 Å². The molecule has 1 rings (SSSR count). The third-order valence-corrected chi connectivity index (χ3v) is 1.37.